The highest BCUT2D eigenvalue weighted by molar-refractivity contribution is 5.93. The molecule has 35 nitrogen and oxygen atoms in total. The number of nitrogens with zero attached hydrogens (tertiary/aromatic N) is 14. The Bertz CT molecular complexity index is 4090. The van der Waals surface area contributed by atoms with Crippen LogP contribution in [-0.4, -0.2) is 319 Å². The molecule has 0 saturated carbocycles. The Hall–Kier alpha value is -9.81. The Kier molecular flexibility index (Phi) is 42.2. The molecular formula is C92H147ClN22O13. The molecule has 10 N–H and O–H groups in total. The molecule has 12 aliphatic rings. The number of benzene rings is 1. The van der Waals surface area contributed by atoms with Crippen molar-refractivity contribution in [3.05, 3.63) is 108 Å². The molecule has 12 saturated heterocycles. The van der Waals surface area contributed by atoms with Crippen molar-refractivity contribution in [3.63, 3.8) is 0 Å². The molecule has 0 bridgehead atoms. The average Bonchev–Trinajstić information content (AvgIpc) is 1.63. The number of nitrogens with one attached hydrogen (secondary N) is 7. The molecular weight excluding hydrogens is 1660 g/mol. The maximum absolute atomic E-state index is 12.9. The van der Waals surface area contributed by atoms with Gasteiger partial charge in [-0.3, -0.25) is 53.8 Å². The lowest BCUT2D eigenvalue weighted by Gasteiger charge is -2.40. The number of nitro groups is 1. The van der Waals surface area contributed by atoms with Gasteiger partial charge in [0.2, 0.25) is 29.5 Å². The number of amides is 10. The topological polar surface area (TPSA) is 408 Å². The van der Waals surface area contributed by atoms with Crippen LogP contribution in [-0.2, 0) is 28.8 Å². The average molecular weight is 1800 g/mol. The van der Waals surface area contributed by atoms with Gasteiger partial charge in [0.15, 0.2) is 0 Å². The number of anilines is 3. The van der Waals surface area contributed by atoms with Crippen molar-refractivity contribution in [1.29, 1.82) is 0 Å². The molecule has 12 aliphatic heterocycles. The molecule has 4 aromatic rings. The predicted molar refractivity (Wildman–Crippen MR) is 499 cm³/mol. The number of halogens is 1. The van der Waals surface area contributed by atoms with E-state index in [-0.39, 0.29) is 90.5 Å². The van der Waals surface area contributed by atoms with E-state index in [1.165, 1.54) is 111 Å². The Morgan fingerprint density at radius 2 is 0.797 bits per heavy atom. The van der Waals surface area contributed by atoms with Crippen molar-refractivity contribution in [3.8, 4) is 5.75 Å². The van der Waals surface area contributed by atoms with Gasteiger partial charge in [-0.05, 0) is 200 Å². The number of likely N-dealkylation sites (N-methyl/N-ethyl adjacent to an activating group) is 2. The molecule has 36 heteroatoms. The van der Waals surface area contributed by atoms with Gasteiger partial charge >= 0.3 is 24.1 Å². The minimum Gasteiger partial charge on any atom is -0.481 e. The van der Waals surface area contributed by atoms with E-state index >= 15 is 0 Å². The Labute approximate surface area is 763 Å². The highest BCUT2D eigenvalue weighted by Crippen LogP contribution is 2.45. The number of carboxylic acid groups (broad SMARTS) is 1. The maximum Gasteiger partial charge on any atom is 0.415 e. The molecule has 12 fully saturated rings. The summed E-state index contributed by atoms with van der Waals surface area (Å²) in [4.78, 5) is 148. The summed E-state index contributed by atoms with van der Waals surface area (Å²) < 4.78 is 5.16. The quantitative estimate of drug-likeness (QED) is 0.0257. The van der Waals surface area contributed by atoms with E-state index in [0.717, 1.165) is 156 Å². The fourth-order valence-electron chi connectivity index (χ4n) is 18.9. The number of piperidine rings is 3. The van der Waals surface area contributed by atoms with Crippen LogP contribution >= 0.6 is 12.4 Å². The second kappa shape index (κ2) is 52.1. The summed E-state index contributed by atoms with van der Waals surface area (Å²) >= 11 is 0. The largest absolute Gasteiger partial charge is 0.481 e. The summed E-state index contributed by atoms with van der Waals surface area (Å²) in [6, 6.07) is 19.1. The lowest BCUT2D eigenvalue weighted by molar-refractivity contribution is -0.384. The molecule has 10 amide bonds. The number of carboxylic acids is 1. The number of urea groups is 2. The van der Waals surface area contributed by atoms with Gasteiger partial charge in [-0.1, -0.05) is 49.0 Å². The van der Waals surface area contributed by atoms with E-state index in [0.29, 0.717) is 100 Å². The lowest BCUT2D eigenvalue weighted by Crippen LogP contribution is -2.49. The number of rotatable bonds is 18. The Balaban J connectivity index is 0.000000192. The third-order valence-corrected chi connectivity index (χ3v) is 26.8. The van der Waals surface area contributed by atoms with Gasteiger partial charge in [-0.2, -0.15) is 0 Å². The number of ether oxygens (including phenoxy) is 1. The molecule has 6 atom stereocenters. The first kappa shape index (κ1) is 104. The normalized spacial score (nSPS) is 22.8. The number of nitro benzene ring substituents is 1. The molecule has 3 aromatic heterocycles. The van der Waals surface area contributed by atoms with E-state index in [2.05, 4.69) is 127 Å². The van der Waals surface area contributed by atoms with E-state index in [4.69, 9.17) is 15.6 Å². The summed E-state index contributed by atoms with van der Waals surface area (Å²) in [7, 11) is 0. The number of carbonyl (C=O) groups is 9. The Morgan fingerprint density at radius 3 is 1.16 bits per heavy atom. The van der Waals surface area contributed by atoms with Gasteiger partial charge in [-0.25, -0.2) is 14.4 Å². The van der Waals surface area contributed by atoms with E-state index in [9.17, 15) is 53.3 Å². The third kappa shape index (κ3) is 32.1. The van der Waals surface area contributed by atoms with Crippen molar-refractivity contribution in [2.75, 3.05) is 185 Å². The van der Waals surface area contributed by atoms with Crippen LogP contribution in [0.3, 0.4) is 0 Å². The minimum absolute atomic E-state index is 0. The molecule has 6 unspecified atom stereocenters. The number of non-ortho nitro benzene ring substituents is 1. The molecule has 0 aliphatic carbocycles. The number of nitrogens with two attached hydrogens (primary N) is 1. The lowest BCUT2D eigenvalue weighted by atomic mass is 9.78. The van der Waals surface area contributed by atoms with Crippen molar-refractivity contribution < 1.29 is 57.9 Å². The molecule has 16 rings (SSSR count). The molecule has 710 valence electrons. The highest BCUT2D eigenvalue weighted by atomic mass is 35.5. The van der Waals surface area contributed by atoms with E-state index in [1.54, 1.807) is 11.8 Å². The molecule has 0 radical (unpaired) electrons. The van der Waals surface area contributed by atoms with Crippen LogP contribution < -0.4 is 62.4 Å². The predicted octanol–water partition coefficient (Wildman–Crippen LogP) is 8.19. The number of likely N-dealkylation sites (tertiary alicyclic amines) is 7. The van der Waals surface area contributed by atoms with Gasteiger partial charge in [0.05, 0.1) is 4.92 Å². The van der Waals surface area contributed by atoms with E-state index in [1.807, 2.05) is 72.7 Å². The summed E-state index contributed by atoms with van der Waals surface area (Å²) in [5.74, 6) is -1.03. The third-order valence-electron chi connectivity index (χ3n) is 26.8. The van der Waals surface area contributed by atoms with Gasteiger partial charge in [0.1, 0.15) is 12.2 Å². The molecule has 3 spiro atoms. The van der Waals surface area contributed by atoms with Gasteiger partial charge in [0.25, 0.3) is 5.69 Å². The first-order valence-corrected chi connectivity index (χ1v) is 46.4. The summed E-state index contributed by atoms with van der Waals surface area (Å²) in [6.45, 7) is 36.0. The smallest absolute Gasteiger partial charge is 0.415 e. The SMILES string of the molecule is C.CCC(=O)NC1CCN(C(=O)N2CCC3(CC2)CCN(c2ccncc2)C3)C1.CCC(=O)NC1CCN(C(=O)Oc2ccc([N+](=O)[O-])cc2)C1.CCC(=O)NC1CCN(CC)C1.CCC(=O)NC1CCNC1.CCN1CCC(N)C1.Cl.O=C(O)CC(=O)NC1CCN(C(=O)N2CCC3(CC2)CCN(c2ccncc2)C3)C1.c1cc(N2CCC3(CCNCC3)C2)ccn1. The zero-order chi connectivity index (χ0) is 90.0. The van der Waals surface area contributed by atoms with Crippen LogP contribution in [0.2, 0.25) is 0 Å². The maximum atomic E-state index is 12.9. The first-order valence-electron chi connectivity index (χ1n) is 46.4. The number of hydrogen-bond acceptors (Lipinski definition) is 23. The van der Waals surface area contributed by atoms with Crippen LogP contribution in [0.4, 0.5) is 37.1 Å². The second-order valence-corrected chi connectivity index (χ2v) is 35.7. The van der Waals surface area contributed by atoms with Gasteiger partial charge in [0, 0.05) is 259 Å². The van der Waals surface area contributed by atoms with Crippen LogP contribution in [0.1, 0.15) is 177 Å². The second-order valence-electron chi connectivity index (χ2n) is 35.7. The zero-order valence-corrected chi connectivity index (χ0v) is 76.6. The first-order chi connectivity index (χ1) is 60.8. The summed E-state index contributed by atoms with van der Waals surface area (Å²) in [5, 5.41) is 40.4. The van der Waals surface area contributed by atoms with Crippen LogP contribution in [0.5, 0.6) is 5.75 Å². The highest BCUT2D eigenvalue weighted by Gasteiger charge is 2.46. The van der Waals surface area contributed by atoms with E-state index < -0.39 is 29.3 Å². The number of aromatic nitrogens is 3. The number of carbonyl (C=O) groups excluding carboxylic acids is 8. The van der Waals surface area contributed by atoms with Crippen LogP contribution in [0, 0.1) is 26.4 Å². The van der Waals surface area contributed by atoms with Gasteiger partial charge < -0.3 is 102 Å². The summed E-state index contributed by atoms with van der Waals surface area (Å²) in [5.41, 5.74) is 10.6. The minimum atomic E-state index is -1.14. The fraction of sp³-hybridized carbons (Fsp3) is 0.674. The number of aliphatic carboxylic acids is 1. The number of pyridine rings is 3. The molecule has 128 heavy (non-hydrogen) atoms. The van der Waals surface area contributed by atoms with Crippen molar-refractivity contribution in [2.45, 2.75) is 214 Å². The van der Waals surface area contributed by atoms with Crippen molar-refractivity contribution in [1.82, 2.24) is 86.5 Å². The van der Waals surface area contributed by atoms with Gasteiger partial charge in [-0.15, -0.1) is 12.4 Å². The van der Waals surface area contributed by atoms with Crippen molar-refractivity contribution >= 4 is 88.8 Å². The zero-order valence-electron chi connectivity index (χ0n) is 75.8. The van der Waals surface area contributed by atoms with Crippen LogP contribution in [0.15, 0.2) is 97.8 Å². The summed E-state index contributed by atoms with van der Waals surface area (Å²) in [6.07, 6.45) is 28.3. The monoisotopic (exact) mass is 1800 g/mol. The standard InChI is InChI=1S/C21H29N5O4.C21H31N5O2.C14H17N3O5.C13H19N3.C9H18N2O.C7H14N2O.C6H14N2.CH4.ClH/c27-18(13-19(28)29)23-16-3-9-25(14-16)20(30)24-10-4-21(5-11-24)6-12-26(15-21)17-1-7-22-8-2-17;1-2-19(27)23-17-5-11-25(15-17)20(28)24-12-6-21(7-13-24)8-14-26(16-21)18-3-9-22-10-4-18;1-2-13(18)15-10-7-8-16(9-10)14(19)22-12-5-3-11(4-6-12)17(20)21;1-6-14-7-2-12(1)16-10-5-13(11-16)3-8-15-9-4-13;1-3-9(12)10-8-5-6-11(4-2)7-8;1-2-7(10)9-6-3-4-8-5-6;1-2-8-4-3-6(7)5-8;;/h1-2,7-8,16H,3-6,9-15H2,(H,23,27)(H,28,29);3-4,9-10,17H,2,5-8,11-16H2,1H3,(H,23,27);3-6,10H,2,7-9H2,1H3,(H,15,18);1-2,6-7,15H,3-5,8-11H2;8H,3-7H2,1-2H3,(H,10,12);6,8H,2-5H2,1H3,(H,9,10);6H,2-5,7H2,1H3;1H4;1H. The number of hydrogen-bond donors (Lipinski definition) is 9. The van der Waals surface area contributed by atoms with Crippen LogP contribution in [0.25, 0.3) is 0 Å². The van der Waals surface area contributed by atoms with Crippen molar-refractivity contribution in [2.24, 2.45) is 22.0 Å². The Morgan fingerprint density at radius 1 is 0.438 bits per heavy atom. The molecule has 1 aromatic carbocycles. The molecule has 15 heterocycles. The fourth-order valence-corrected chi connectivity index (χ4v) is 18.9.